The van der Waals surface area contributed by atoms with Gasteiger partial charge in [0.1, 0.15) is 0 Å². The first kappa shape index (κ1) is 19.4. The predicted octanol–water partition coefficient (Wildman–Crippen LogP) is 2.52. The van der Waals surface area contributed by atoms with E-state index >= 15 is 0 Å². The van der Waals surface area contributed by atoms with Crippen LogP contribution in [0.1, 0.15) is 26.7 Å². The number of nitrogens with zero attached hydrogens (tertiary/aromatic N) is 3. The minimum absolute atomic E-state index is 0.00227. The van der Waals surface area contributed by atoms with Crippen LogP contribution in [0.15, 0.2) is 17.4 Å². The Labute approximate surface area is 161 Å². The maximum Gasteiger partial charge on any atom is 0.233 e. The third kappa shape index (κ3) is 4.32. The normalized spacial score (nSPS) is 20.3. The zero-order valence-electron chi connectivity index (χ0n) is 14.6. The Morgan fingerprint density at radius 1 is 1.54 bits per heavy atom. The number of carbonyl (C=O) groups is 1. The number of hydrogen-bond acceptors (Lipinski definition) is 6. The standard InChI is InChI=1S/C16H21ClN4O3S2/c1-3-10(2)21(12-4-5-26(23,24)9-12)14(22)8-25-16-19-13-6-11(17)7-18-15(13)20-16/h6-7,10,12H,3-5,8-9H2,1-2H3,(H,18,19,20)/t10-,12-/m0/s1. The van der Waals surface area contributed by atoms with Crippen LogP contribution in [0.4, 0.5) is 0 Å². The van der Waals surface area contributed by atoms with Crippen molar-refractivity contribution in [2.75, 3.05) is 17.3 Å². The van der Waals surface area contributed by atoms with Crippen molar-refractivity contribution < 1.29 is 13.2 Å². The summed E-state index contributed by atoms with van der Waals surface area (Å²) >= 11 is 7.20. The van der Waals surface area contributed by atoms with Crippen molar-refractivity contribution in [1.82, 2.24) is 19.9 Å². The van der Waals surface area contributed by atoms with Gasteiger partial charge in [0.15, 0.2) is 20.6 Å². The lowest BCUT2D eigenvalue weighted by molar-refractivity contribution is -0.132. The third-order valence-corrected chi connectivity index (χ3v) is 7.39. The summed E-state index contributed by atoms with van der Waals surface area (Å²) in [4.78, 5) is 26.1. The van der Waals surface area contributed by atoms with Crippen LogP contribution in [0.25, 0.3) is 11.2 Å². The maximum absolute atomic E-state index is 12.8. The van der Waals surface area contributed by atoms with E-state index in [1.165, 1.54) is 18.0 Å². The lowest BCUT2D eigenvalue weighted by atomic mass is 10.1. The molecule has 26 heavy (non-hydrogen) atoms. The molecule has 0 saturated carbocycles. The summed E-state index contributed by atoms with van der Waals surface area (Å²) < 4.78 is 23.6. The number of amides is 1. The fourth-order valence-electron chi connectivity index (χ4n) is 3.13. The molecule has 7 nitrogen and oxygen atoms in total. The van der Waals surface area contributed by atoms with E-state index in [1.807, 2.05) is 13.8 Å². The number of H-pyrrole nitrogens is 1. The highest BCUT2D eigenvalue weighted by Gasteiger charge is 2.36. The van der Waals surface area contributed by atoms with Gasteiger partial charge in [-0.3, -0.25) is 4.79 Å². The molecule has 2 atom stereocenters. The molecule has 0 aliphatic carbocycles. The summed E-state index contributed by atoms with van der Waals surface area (Å²) in [5.74, 6) is 0.328. The number of carbonyl (C=O) groups excluding carboxylic acids is 1. The van der Waals surface area contributed by atoms with E-state index in [1.54, 1.807) is 11.0 Å². The third-order valence-electron chi connectivity index (χ3n) is 4.57. The Kier molecular flexibility index (Phi) is 5.78. The summed E-state index contributed by atoms with van der Waals surface area (Å²) in [7, 11) is -3.04. The zero-order chi connectivity index (χ0) is 18.9. The van der Waals surface area contributed by atoms with E-state index in [9.17, 15) is 13.2 Å². The fourth-order valence-corrected chi connectivity index (χ4v) is 5.74. The molecule has 142 valence electrons. The smallest absolute Gasteiger partial charge is 0.233 e. The molecule has 0 bridgehead atoms. The van der Waals surface area contributed by atoms with Crippen LogP contribution in [0.5, 0.6) is 0 Å². The van der Waals surface area contributed by atoms with E-state index in [4.69, 9.17) is 11.6 Å². The number of sulfone groups is 1. The molecule has 3 rings (SSSR count). The first-order valence-electron chi connectivity index (χ1n) is 8.44. The lowest BCUT2D eigenvalue weighted by Crippen LogP contribution is -2.47. The van der Waals surface area contributed by atoms with Gasteiger partial charge in [-0.2, -0.15) is 0 Å². The second-order valence-corrected chi connectivity index (χ2v) is 10.1. The number of aromatic nitrogens is 3. The molecule has 0 aromatic carbocycles. The average molecular weight is 417 g/mol. The maximum atomic E-state index is 12.8. The molecule has 1 saturated heterocycles. The lowest BCUT2D eigenvalue weighted by Gasteiger charge is -2.33. The molecule has 10 heteroatoms. The fraction of sp³-hybridized carbons (Fsp3) is 0.562. The van der Waals surface area contributed by atoms with E-state index in [2.05, 4.69) is 15.0 Å². The molecule has 2 aromatic heterocycles. The predicted molar refractivity (Wildman–Crippen MR) is 103 cm³/mol. The number of hydrogen-bond donors (Lipinski definition) is 1. The molecular formula is C16H21ClN4O3S2. The SMILES string of the molecule is CC[C@H](C)N(C(=O)CSc1nc2ncc(Cl)cc2[nH]1)[C@H]1CCS(=O)(=O)C1. The molecule has 0 unspecified atom stereocenters. The van der Waals surface area contributed by atoms with Crippen LogP contribution in [-0.2, 0) is 14.6 Å². The molecule has 0 spiro atoms. The van der Waals surface area contributed by atoms with E-state index in [0.29, 0.717) is 27.8 Å². The summed E-state index contributed by atoms with van der Waals surface area (Å²) in [5.41, 5.74) is 1.26. The molecule has 1 aliphatic heterocycles. The average Bonchev–Trinajstić information content (AvgIpc) is 3.15. The van der Waals surface area contributed by atoms with Crippen molar-refractivity contribution in [2.24, 2.45) is 0 Å². The van der Waals surface area contributed by atoms with Crippen molar-refractivity contribution >= 4 is 50.3 Å². The second-order valence-electron chi connectivity index (χ2n) is 6.47. The first-order valence-corrected chi connectivity index (χ1v) is 11.6. The van der Waals surface area contributed by atoms with Crippen LogP contribution in [0.3, 0.4) is 0 Å². The molecule has 0 radical (unpaired) electrons. The van der Waals surface area contributed by atoms with Crippen LogP contribution >= 0.6 is 23.4 Å². The van der Waals surface area contributed by atoms with E-state index < -0.39 is 9.84 Å². The number of fused-ring (bicyclic) bond motifs is 1. The largest absolute Gasteiger partial charge is 0.335 e. The summed E-state index contributed by atoms with van der Waals surface area (Å²) in [6, 6.07) is 1.49. The van der Waals surface area contributed by atoms with Gasteiger partial charge < -0.3 is 9.88 Å². The minimum Gasteiger partial charge on any atom is -0.335 e. The van der Waals surface area contributed by atoms with Crippen molar-refractivity contribution in [2.45, 2.75) is 43.9 Å². The number of halogens is 1. The van der Waals surface area contributed by atoms with Gasteiger partial charge in [-0.15, -0.1) is 0 Å². The Morgan fingerprint density at radius 2 is 2.31 bits per heavy atom. The van der Waals surface area contributed by atoms with Crippen molar-refractivity contribution in [3.05, 3.63) is 17.3 Å². The van der Waals surface area contributed by atoms with Gasteiger partial charge in [-0.05, 0) is 25.8 Å². The van der Waals surface area contributed by atoms with Crippen molar-refractivity contribution in [1.29, 1.82) is 0 Å². The zero-order valence-corrected chi connectivity index (χ0v) is 17.0. The van der Waals surface area contributed by atoms with Crippen LogP contribution in [0.2, 0.25) is 5.02 Å². The highest BCUT2D eigenvalue weighted by molar-refractivity contribution is 7.99. The van der Waals surface area contributed by atoms with Crippen molar-refractivity contribution in [3.8, 4) is 0 Å². The number of aromatic amines is 1. The van der Waals surface area contributed by atoms with Gasteiger partial charge in [0, 0.05) is 18.3 Å². The molecular weight excluding hydrogens is 396 g/mol. The Hall–Kier alpha value is -1.32. The summed E-state index contributed by atoms with van der Waals surface area (Å²) in [5, 5.41) is 1.10. The monoisotopic (exact) mass is 416 g/mol. The van der Waals surface area contributed by atoms with Gasteiger partial charge in [-0.25, -0.2) is 18.4 Å². The van der Waals surface area contributed by atoms with Gasteiger partial charge in [-0.1, -0.05) is 30.3 Å². The van der Waals surface area contributed by atoms with E-state index in [-0.39, 0.29) is 35.2 Å². The molecule has 1 N–H and O–H groups in total. The molecule has 2 aromatic rings. The molecule has 3 heterocycles. The molecule has 1 fully saturated rings. The first-order chi connectivity index (χ1) is 12.3. The topological polar surface area (TPSA) is 96.0 Å². The highest BCUT2D eigenvalue weighted by atomic mass is 35.5. The molecule has 1 aliphatic rings. The van der Waals surface area contributed by atoms with E-state index in [0.717, 1.165) is 6.42 Å². The highest BCUT2D eigenvalue weighted by Crippen LogP contribution is 2.25. The van der Waals surface area contributed by atoms with Crippen LogP contribution < -0.4 is 0 Å². The van der Waals surface area contributed by atoms with Crippen LogP contribution in [0, 0.1) is 0 Å². The number of thioether (sulfide) groups is 1. The number of nitrogens with one attached hydrogen (secondary N) is 1. The Morgan fingerprint density at radius 3 is 2.96 bits per heavy atom. The van der Waals surface area contributed by atoms with Gasteiger partial charge in [0.05, 0.1) is 27.8 Å². The van der Waals surface area contributed by atoms with Gasteiger partial charge >= 0.3 is 0 Å². The van der Waals surface area contributed by atoms with Gasteiger partial charge in [0.2, 0.25) is 5.91 Å². The number of rotatable bonds is 6. The Balaban J connectivity index is 1.70. The number of pyridine rings is 1. The minimum atomic E-state index is -3.04. The molecule has 1 amide bonds. The summed E-state index contributed by atoms with van der Waals surface area (Å²) in [6.45, 7) is 3.96. The van der Waals surface area contributed by atoms with Gasteiger partial charge in [0.25, 0.3) is 0 Å². The van der Waals surface area contributed by atoms with Crippen molar-refractivity contribution in [3.63, 3.8) is 0 Å². The summed E-state index contributed by atoms with van der Waals surface area (Å²) in [6.07, 6.45) is 2.81. The quantitative estimate of drug-likeness (QED) is 0.727. The Bertz CT molecular complexity index is 915. The van der Waals surface area contributed by atoms with Crippen LogP contribution in [-0.4, -0.2) is 63.5 Å². The second kappa shape index (κ2) is 7.74. The number of imidazole rings is 1.